The van der Waals surface area contributed by atoms with Crippen LogP contribution in [0.1, 0.15) is 21.6 Å². The lowest BCUT2D eigenvalue weighted by Crippen LogP contribution is -2.24. The van der Waals surface area contributed by atoms with E-state index in [9.17, 15) is 4.79 Å². The number of carbonyl (C=O) groups is 1. The van der Waals surface area contributed by atoms with Crippen molar-refractivity contribution in [3.8, 4) is 22.9 Å². The highest BCUT2D eigenvalue weighted by Gasteiger charge is 2.32. The fourth-order valence-electron chi connectivity index (χ4n) is 3.14. The number of nitrogens with zero attached hydrogens (tertiary/aromatic N) is 5. The minimum Gasteiger partial charge on any atom is -0.491 e. The van der Waals surface area contributed by atoms with E-state index in [4.69, 9.17) is 14.5 Å². The van der Waals surface area contributed by atoms with Crippen molar-refractivity contribution in [3.63, 3.8) is 0 Å². The molecule has 0 atom stereocenters. The van der Waals surface area contributed by atoms with E-state index >= 15 is 0 Å². The van der Waals surface area contributed by atoms with Gasteiger partial charge in [-0.1, -0.05) is 0 Å². The maximum absolute atomic E-state index is 12.8. The van der Waals surface area contributed by atoms with Crippen LogP contribution in [0.3, 0.4) is 0 Å². The molecule has 8 nitrogen and oxygen atoms in total. The third kappa shape index (κ3) is 2.84. The third-order valence-electron chi connectivity index (χ3n) is 4.41. The van der Waals surface area contributed by atoms with Crippen LogP contribution in [0, 0.1) is 6.92 Å². The molecule has 4 rings (SSSR count). The Morgan fingerprint density at radius 2 is 1.93 bits per heavy atom. The summed E-state index contributed by atoms with van der Waals surface area (Å²) < 4.78 is 10.5. The van der Waals surface area contributed by atoms with Gasteiger partial charge in [-0.2, -0.15) is 0 Å². The van der Waals surface area contributed by atoms with Crippen LogP contribution >= 0.6 is 0 Å². The van der Waals surface area contributed by atoms with E-state index in [1.165, 1.54) is 7.11 Å². The molecule has 1 aliphatic heterocycles. The van der Waals surface area contributed by atoms with Gasteiger partial charge in [-0.25, -0.2) is 9.97 Å². The van der Waals surface area contributed by atoms with Crippen LogP contribution in [0.2, 0.25) is 0 Å². The van der Waals surface area contributed by atoms with E-state index in [1.54, 1.807) is 36.8 Å². The highest BCUT2D eigenvalue weighted by molar-refractivity contribution is 6.10. The average Bonchev–Trinajstić information content (AvgIpc) is 3.05. The van der Waals surface area contributed by atoms with Crippen LogP contribution in [-0.4, -0.2) is 40.1 Å². The molecule has 0 radical (unpaired) electrons. The maximum atomic E-state index is 12.8. The first kappa shape index (κ1) is 16.9. The topological polar surface area (TPSA) is 90.3 Å². The second-order valence-corrected chi connectivity index (χ2v) is 6.04. The van der Waals surface area contributed by atoms with Gasteiger partial charge in [-0.15, -0.1) is 0 Å². The summed E-state index contributed by atoms with van der Waals surface area (Å²) in [7, 11) is 3.09. The van der Waals surface area contributed by atoms with Crippen LogP contribution in [0.25, 0.3) is 11.3 Å². The highest BCUT2D eigenvalue weighted by atomic mass is 16.5. The van der Waals surface area contributed by atoms with Gasteiger partial charge in [0.25, 0.3) is 11.8 Å². The van der Waals surface area contributed by atoms with Crippen molar-refractivity contribution in [3.05, 3.63) is 53.7 Å². The predicted molar refractivity (Wildman–Crippen MR) is 97.9 cm³/mol. The zero-order valence-electron chi connectivity index (χ0n) is 15.1. The summed E-state index contributed by atoms with van der Waals surface area (Å²) in [6.45, 7) is 2.25. The summed E-state index contributed by atoms with van der Waals surface area (Å²) in [6.07, 6.45) is 6.38. The van der Waals surface area contributed by atoms with Crippen molar-refractivity contribution in [2.75, 3.05) is 19.1 Å². The number of hydrogen-bond acceptors (Lipinski definition) is 7. The summed E-state index contributed by atoms with van der Waals surface area (Å²) in [5.41, 5.74) is 3.66. The average molecular weight is 363 g/mol. The molecule has 0 unspecified atom stereocenters. The molecule has 0 aliphatic carbocycles. The third-order valence-corrected chi connectivity index (χ3v) is 4.41. The molecular weight excluding hydrogens is 346 g/mol. The number of rotatable bonds is 4. The largest absolute Gasteiger partial charge is 0.491 e. The van der Waals surface area contributed by atoms with Crippen molar-refractivity contribution >= 4 is 11.7 Å². The van der Waals surface area contributed by atoms with E-state index in [2.05, 4.69) is 15.0 Å². The lowest BCUT2D eigenvalue weighted by atomic mass is 10.1. The molecule has 1 aliphatic rings. The molecule has 136 valence electrons. The minimum atomic E-state index is -0.118. The molecule has 0 spiro atoms. The number of aromatic nitrogens is 4. The molecule has 0 fully saturated rings. The van der Waals surface area contributed by atoms with Gasteiger partial charge in [0, 0.05) is 24.2 Å². The zero-order chi connectivity index (χ0) is 19.0. The van der Waals surface area contributed by atoms with Gasteiger partial charge < -0.3 is 9.47 Å². The summed E-state index contributed by atoms with van der Waals surface area (Å²) in [4.78, 5) is 31.6. The van der Waals surface area contributed by atoms with E-state index < -0.39 is 0 Å². The van der Waals surface area contributed by atoms with Crippen molar-refractivity contribution in [1.82, 2.24) is 19.9 Å². The number of carbonyl (C=O) groups excluding carboxylic acids is 1. The molecule has 8 heteroatoms. The van der Waals surface area contributed by atoms with Crippen LogP contribution in [-0.2, 0) is 6.54 Å². The molecule has 4 heterocycles. The van der Waals surface area contributed by atoms with Crippen molar-refractivity contribution in [2.24, 2.45) is 0 Å². The zero-order valence-corrected chi connectivity index (χ0v) is 15.1. The van der Waals surface area contributed by atoms with Crippen molar-refractivity contribution in [2.45, 2.75) is 13.5 Å². The molecule has 0 bridgehead atoms. The number of hydrogen-bond donors (Lipinski definition) is 0. The van der Waals surface area contributed by atoms with Gasteiger partial charge in [0.15, 0.2) is 11.6 Å². The summed E-state index contributed by atoms with van der Waals surface area (Å²) >= 11 is 0. The number of pyridine rings is 2. The van der Waals surface area contributed by atoms with E-state index in [0.29, 0.717) is 40.9 Å². The first-order valence-electron chi connectivity index (χ1n) is 8.29. The number of anilines is 1. The van der Waals surface area contributed by atoms with Gasteiger partial charge in [0.2, 0.25) is 0 Å². The predicted octanol–water partition coefficient (Wildman–Crippen LogP) is 2.42. The Kier molecular flexibility index (Phi) is 4.15. The Morgan fingerprint density at radius 3 is 2.63 bits per heavy atom. The molecule has 0 saturated heterocycles. The van der Waals surface area contributed by atoms with Crippen molar-refractivity contribution < 1.29 is 14.3 Å². The fourth-order valence-corrected chi connectivity index (χ4v) is 3.14. The normalized spacial score (nSPS) is 12.9. The smallest absolute Gasteiger partial charge is 0.262 e. The molecule has 0 N–H and O–H groups in total. The van der Waals surface area contributed by atoms with Gasteiger partial charge in [0.1, 0.15) is 0 Å². The standard InChI is InChI=1S/C19H17N5O3/c1-11-6-13(12-7-15(26-2)18(27-3)22-8-12)23-14-10-24(19(25)17(11)14)16-9-20-4-5-21-16/h4-9H,10H2,1-3H3. The highest BCUT2D eigenvalue weighted by Crippen LogP contribution is 2.33. The van der Waals surface area contributed by atoms with Crippen LogP contribution in [0.5, 0.6) is 11.6 Å². The lowest BCUT2D eigenvalue weighted by molar-refractivity contribution is 0.0995. The molecule has 0 aromatic carbocycles. The fraction of sp³-hybridized carbons (Fsp3) is 0.211. The van der Waals surface area contributed by atoms with Gasteiger partial charge in [-0.3, -0.25) is 19.7 Å². The van der Waals surface area contributed by atoms with Gasteiger partial charge in [0.05, 0.1) is 43.9 Å². The first-order chi connectivity index (χ1) is 13.1. The molecular formula is C19H17N5O3. The molecule has 1 amide bonds. The molecule has 0 saturated carbocycles. The second-order valence-electron chi connectivity index (χ2n) is 6.04. The number of amides is 1. The van der Waals surface area contributed by atoms with Crippen LogP contribution in [0.15, 0.2) is 36.9 Å². The number of methoxy groups -OCH3 is 2. The molecule has 27 heavy (non-hydrogen) atoms. The minimum absolute atomic E-state index is 0.118. The number of fused-ring (bicyclic) bond motifs is 1. The Balaban J connectivity index is 1.75. The Labute approximate surface area is 155 Å². The SMILES string of the molecule is COc1cc(-c2cc(C)c3c(n2)CN(c2cnccn2)C3=O)cnc1OC. The maximum Gasteiger partial charge on any atom is 0.262 e. The van der Waals surface area contributed by atoms with Crippen LogP contribution < -0.4 is 14.4 Å². The summed E-state index contributed by atoms with van der Waals surface area (Å²) in [5, 5.41) is 0. The molecule has 3 aromatic rings. The number of ether oxygens (including phenoxy) is 2. The molecule has 3 aromatic heterocycles. The van der Waals surface area contributed by atoms with E-state index in [-0.39, 0.29) is 5.91 Å². The van der Waals surface area contributed by atoms with Crippen LogP contribution in [0.4, 0.5) is 5.82 Å². The Bertz CT molecular complexity index is 1020. The van der Waals surface area contributed by atoms with Gasteiger partial charge >= 0.3 is 0 Å². The monoisotopic (exact) mass is 363 g/mol. The lowest BCUT2D eigenvalue weighted by Gasteiger charge is -2.12. The summed E-state index contributed by atoms with van der Waals surface area (Å²) in [5.74, 6) is 1.32. The van der Waals surface area contributed by atoms with E-state index in [0.717, 1.165) is 11.1 Å². The summed E-state index contributed by atoms with van der Waals surface area (Å²) in [6, 6.07) is 3.69. The Hall–Kier alpha value is -3.55. The van der Waals surface area contributed by atoms with E-state index in [1.807, 2.05) is 19.1 Å². The number of aryl methyl sites for hydroxylation is 1. The quantitative estimate of drug-likeness (QED) is 0.703. The first-order valence-corrected chi connectivity index (χ1v) is 8.29. The van der Waals surface area contributed by atoms with Gasteiger partial charge in [-0.05, 0) is 24.6 Å². The van der Waals surface area contributed by atoms with Crippen molar-refractivity contribution in [1.29, 1.82) is 0 Å². The second kappa shape index (κ2) is 6.64. The Morgan fingerprint density at radius 1 is 1.07 bits per heavy atom.